The van der Waals surface area contributed by atoms with Gasteiger partial charge in [-0.25, -0.2) is 4.79 Å². The van der Waals surface area contributed by atoms with Crippen LogP contribution < -0.4 is 10.1 Å². The number of anilines is 1. The maximum absolute atomic E-state index is 12.3. The first-order valence-electron chi connectivity index (χ1n) is 5.78. The number of benzene rings is 1. The number of halogens is 1. The molecular formula is C13H11ClN2O4S. The van der Waals surface area contributed by atoms with Gasteiger partial charge < -0.3 is 15.2 Å². The molecule has 21 heavy (non-hydrogen) atoms. The van der Waals surface area contributed by atoms with Crippen molar-refractivity contribution in [1.29, 1.82) is 0 Å². The van der Waals surface area contributed by atoms with Crippen LogP contribution in [0.2, 0.25) is 5.02 Å². The van der Waals surface area contributed by atoms with Gasteiger partial charge in [0.2, 0.25) is 0 Å². The Balaban J connectivity index is 2.35. The number of carboxylic acid groups (broad SMARTS) is 1. The van der Waals surface area contributed by atoms with E-state index in [1.807, 2.05) is 0 Å². The number of aryl methyl sites for hydroxylation is 1. The second-order valence-corrected chi connectivity index (χ2v) is 5.29. The summed E-state index contributed by atoms with van der Waals surface area (Å²) in [7, 11) is 1.43. The number of carbonyl (C=O) groups excluding carboxylic acids is 1. The van der Waals surface area contributed by atoms with Gasteiger partial charge in [0, 0.05) is 5.02 Å². The third kappa shape index (κ3) is 3.14. The van der Waals surface area contributed by atoms with Crippen molar-refractivity contribution < 1.29 is 19.4 Å². The Bertz CT molecular complexity index is 714. The van der Waals surface area contributed by atoms with Crippen LogP contribution in [0.1, 0.15) is 26.4 Å². The number of rotatable bonds is 4. The number of carbonyl (C=O) groups is 2. The maximum atomic E-state index is 12.3. The molecule has 8 heteroatoms. The summed E-state index contributed by atoms with van der Waals surface area (Å²) < 4.78 is 9.03. The molecule has 2 rings (SSSR count). The molecule has 0 fully saturated rings. The number of nitrogens with zero attached hydrogens (tertiary/aromatic N) is 1. The van der Waals surface area contributed by atoms with Gasteiger partial charge in [-0.1, -0.05) is 11.6 Å². The topological polar surface area (TPSA) is 88.5 Å². The lowest BCUT2D eigenvalue weighted by atomic mass is 10.2. The quantitative estimate of drug-likeness (QED) is 0.901. The molecule has 2 aromatic rings. The molecule has 0 saturated heterocycles. The third-order valence-corrected chi connectivity index (χ3v) is 3.80. The lowest BCUT2D eigenvalue weighted by Crippen LogP contribution is -2.14. The number of hydrogen-bond acceptors (Lipinski definition) is 5. The molecule has 0 unspecified atom stereocenters. The maximum Gasteiger partial charge on any atom is 0.340 e. The SMILES string of the molecule is COc1ccc(Cl)cc1C(=O)Nc1snc(C)c1C(=O)O. The molecule has 6 nitrogen and oxygen atoms in total. The zero-order valence-corrected chi connectivity index (χ0v) is 12.7. The lowest BCUT2D eigenvalue weighted by Gasteiger charge is -2.09. The van der Waals surface area contributed by atoms with Crippen molar-refractivity contribution in [1.82, 2.24) is 4.37 Å². The Morgan fingerprint density at radius 1 is 1.43 bits per heavy atom. The standard InChI is InChI=1S/C13H11ClN2O4S/c1-6-10(13(18)19)12(21-16-6)15-11(17)8-5-7(14)3-4-9(8)20-2/h3-5H,1-2H3,(H,15,17)(H,18,19). The van der Waals surface area contributed by atoms with Crippen LogP contribution in [-0.4, -0.2) is 28.5 Å². The predicted molar refractivity (Wildman–Crippen MR) is 79.8 cm³/mol. The van der Waals surface area contributed by atoms with Crippen molar-refractivity contribution in [3.8, 4) is 5.75 Å². The number of methoxy groups -OCH3 is 1. The van der Waals surface area contributed by atoms with Crippen LogP contribution in [0.3, 0.4) is 0 Å². The second kappa shape index (κ2) is 6.11. The van der Waals surface area contributed by atoms with Gasteiger partial charge in [0.15, 0.2) is 0 Å². The number of hydrogen-bond donors (Lipinski definition) is 2. The molecule has 0 aliphatic heterocycles. The molecule has 0 radical (unpaired) electrons. The average Bonchev–Trinajstić information content (AvgIpc) is 2.79. The van der Waals surface area contributed by atoms with Gasteiger partial charge in [-0.2, -0.15) is 4.37 Å². The number of nitrogens with one attached hydrogen (secondary N) is 1. The Kier molecular flexibility index (Phi) is 4.44. The van der Waals surface area contributed by atoms with Crippen molar-refractivity contribution >= 4 is 40.0 Å². The van der Waals surface area contributed by atoms with E-state index in [2.05, 4.69) is 9.69 Å². The van der Waals surface area contributed by atoms with Crippen molar-refractivity contribution in [2.45, 2.75) is 6.92 Å². The van der Waals surface area contributed by atoms with Gasteiger partial charge in [-0.15, -0.1) is 0 Å². The molecule has 2 N–H and O–H groups in total. The first-order chi connectivity index (χ1) is 9.93. The van der Waals surface area contributed by atoms with E-state index in [1.165, 1.54) is 13.2 Å². The highest BCUT2D eigenvalue weighted by atomic mass is 35.5. The fourth-order valence-corrected chi connectivity index (χ4v) is 2.69. The third-order valence-electron chi connectivity index (χ3n) is 2.71. The van der Waals surface area contributed by atoms with E-state index < -0.39 is 11.9 Å². The molecular weight excluding hydrogens is 316 g/mol. The van der Waals surface area contributed by atoms with E-state index in [4.69, 9.17) is 21.4 Å². The summed E-state index contributed by atoms with van der Waals surface area (Å²) in [5.41, 5.74) is 0.544. The minimum absolute atomic E-state index is 0.0191. The molecule has 0 spiro atoms. The highest BCUT2D eigenvalue weighted by Crippen LogP contribution is 2.27. The normalized spacial score (nSPS) is 10.2. The van der Waals surface area contributed by atoms with Crippen molar-refractivity contribution in [2.75, 3.05) is 12.4 Å². The largest absolute Gasteiger partial charge is 0.496 e. The lowest BCUT2D eigenvalue weighted by molar-refractivity contribution is 0.0697. The average molecular weight is 327 g/mol. The Labute approximate surface area is 129 Å². The highest BCUT2D eigenvalue weighted by Gasteiger charge is 2.21. The summed E-state index contributed by atoms with van der Waals surface area (Å²) in [5, 5.41) is 12.2. The number of aromatic nitrogens is 1. The van der Waals surface area contributed by atoms with E-state index in [9.17, 15) is 9.59 Å². The summed E-state index contributed by atoms with van der Waals surface area (Å²) >= 11 is 6.78. The monoisotopic (exact) mass is 326 g/mol. The minimum atomic E-state index is -1.14. The van der Waals surface area contributed by atoms with Crippen LogP contribution in [-0.2, 0) is 0 Å². The van der Waals surface area contributed by atoms with E-state index in [0.29, 0.717) is 16.5 Å². The van der Waals surface area contributed by atoms with Gasteiger partial charge in [-0.05, 0) is 36.7 Å². The Hall–Kier alpha value is -2.12. The summed E-state index contributed by atoms with van der Waals surface area (Å²) in [5.74, 6) is -1.31. The van der Waals surface area contributed by atoms with Crippen LogP contribution >= 0.6 is 23.1 Å². The summed E-state index contributed by atoms with van der Waals surface area (Å²) in [6, 6.07) is 4.61. The highest BCUT2D eigenvalue weighted by molar-refractivity contribution is 7.11. The van der Waals surface area contributed by atoms with Gasteiger partial charge in [-0.3, -0.25) is 4.79 Å². The molecule has 0 bridgehead atoms. The van der Waals surface area contributed by atoms with E-state index in [0.717, 1.165) is 11.5 Å². The van der Waals surface area contributed by atoms with Crippen LogP contribution in [0.5, 0.6) is 5.75 Å². The molecule has 0 aliphatic carbocycles. The fourth-order valence-electron chi connectivity index (χ4n) is 1.73. The molecule has 0 saturated carbocycles. The van der Waals surface area contributed by atoms with Crippen LogP contribution in [0.15, 0.2) is 18.2 Å². The summed E-state index contributed by atoms with van der Waals surface area (Å²) in [4.78, 5) is 23.4. The van der Waals surface area contributed by atoms with Crippen LogP contribution in [0.4, 0.5) is 5.00 Å². The first-order valence-corrected chi connectivity index (χ1v) is 6.93. The van der Waals surface area contributed by atoms with Gasteiger partial charge >= 0.3 is 5.97 Å². The summed E-state index contributed by atoms with van der Waals surface area (Å²) in [6.45, 7) is 1.57. The molecule has 1 amide bonds. The number of ether oxygens (including phenoxy) is 1. The van der Waals surface area contributed by atoms with Crippen LogP contribution in [0, 0.1) is 6.92 Å². The van der Waals surface area contributed by atoms with Crippen molar-refractivity contribution in [3.05, 3.63) is 40.0 Å². The van der Waals surface area contributed by atoms with Gasteiger partial charge in [0.1, 0.15) is 16.3 Å². The molecule has 1 aromatic heterocycles. The summed E-state index contributed by atoms with van der Waals surface area (Å²) in [6.07, 6.45) is 0. The molecule has 0 atom stereocenters. The first kappa shape index (κ1) is 15.3. The number of aromatic carboxylic acids is 1. The number of amides is 1. The Morgan fingerprint density at radius 2 is 2.14 bits per heavy atom. The zero-order chi connectivity index (χ0) is 15.6. The van der Waals surface area contributed by atoms with E-state index >= 15 is 0 Å². The minimum Gasteiger partial charge on any atom is -0.496 e. The predicted octanol–water partition coefficient (Wildman–Crippen LogP) is 3.06. The van der Waals surface area contributed by atoms with Gasteiger partial charge in [0.25, 0.3) is 5.91 Å². The zero-order valence-electron chi connectivity index (χ0n) is 11.1. The second-order valence-electron chi connectivity index (χ2n) is 4.08. The fraction of sp³-hybridized carbons (Fsp3) is 0.154. The van der Waals surface area contributed by atoms with Crippen molar-refractivity contribution in [3.63, 3.8) is 0 Å². The molecule has 1 aromatic carbocycles. The molecule has 1 heterocycles. The number of carboxylic acids is 1. The smallest absolute Gasteiger partial charge is 0.340 e. The Morgan fingerprint density at radius 3 is 2.76 bits per heavy atom. The van der Waals surface area contributed by atoms with E-state index in [1.54, 1.807) is 19.1 Å². The van der Waals surface area contributed by atoms with Crippen molar-refractivity contribution in [2.24, 2.45) is 0 Å². The molecule has 110 valence electrons. The van der Waals surface area contributed by atoms with E-state index in [-0.39, 0.29) is 16.1 Å². The van der Waals surface area contributed by atoms with Crippen LogP contribution in [0.25, 0.3) is 0 Å². The molecule has 0 aliphatic rings. The van der Waals surface area contributed by atoms with Gasteiger partial charge in [0.05, 0.1) is 18.4 Å².